The lowest BCUT2D eigenvalue weighted by molar-refractivity contribution is 0.168. The zero-order chi connectivity index (χ0) is 13.7. The van der Waals surface area contributed by atoms with E-state index >= 15 is 0 Å². The molecular formula is C16H29N3. The van der Waals surface area contributed by atoms with E-state index in [1.54, 1.807) is 0 Å². The average Bonchev–Trinajstić information content (AvgIpc) is 2.79. The quantitative estimate of drug-likeness (QED) is 0.855. The molecule has 19 heavy (non-hydrogen) atoms. The number of aromatic nitrogens is 2. The Morgan fingerprint density at radius 1 is 1.37 bits per heavy atom. The third-order valence-electron chi connectivity index (χ3n) is 4.65. The lowest BCUT2D eigenvalue weighted by atomic mass is 9.71. The molecule has 3 nitrogen and oxygen atoms in total. The van der Waals surface area contributed by atoms with Gasteiger partial charge in [0.1, 0.15) is 0 Å². The van der Waals surface area contributed by atoms with E-state index in [-0.39, 0.29) is 0 Å². The number of nitrogens with one attached hydrogen (secondary N) is 1. The summed E-state index contributed by atoms with van der Waals surface area (Å²) in [7, 11) is 4.09. The fourth-order valence-corrected chi connectivity index (χ4v) is 3.72. The zero-order valence-electron chi connectivity index (χ0n) is 12.7. The van der Waals surface area contributed by atoms with Crippen molar-refractivity contribution in [2.45, 2.75) is 45.4 Å². The van der Waals surface area contributed by atoms with E-state index in [1.807, 2.05) is 11.7 Å². The molecule has 0 bridgehead atoms. The van der Waals surface area contributed by atoms with Gasteiger partial charge in [-0.1, -0.05) is 26.2 Å². The van der Waals surface area contributed by atoms with Crippen LogP contribution in [-0.2, 0) is 13.5 Å². The summed E-state index contributed by atoms with van der Waals surface area (Å²) < 4.78 is 1.93. The first-order valence-corrected chi connectivity index (χ1v) is 7.86. The largest absolute Gasteiger partial charge is 0.319 e. The van der Waals surface area contributed by atoms with Crippen LogP contribution in [0.3, 0.4) is 0 Å². The number of aryl methyl sites for hydroxylation is 1. The molecule has 0 spiro atoms. The Kier molecular flexibility index (Phi) is 5.44. The summed E-state index contributed by atoms with van der Waals surface area (Å²) in [4.78, 5) is 0. The Hall–Kier alpha value is -0.830. The van der Waals surface area contributed by atoms with Crippen molar-refractivity contribution in [3.63, 3.8) is 0 Å². The molecule has 108 valence electrons. The monoisotopic (exact) mass is 263 g/mol. The maximum Gasteiger partial charge on any atom is 0.0627 e. The molecule has 0 saturated heterocycles. The van der Waals surface area contributed by atoms with Crippen LogP contribution in [0.15, 0.2) is 12.3 Å². The first-order chi connectivity index (χ1) is 9.22. The Balaban J connectivity index is 1.98. The molecule has 1 aliphatic rings. The topological polar surface area (TPSA) is 29.9 Å². The summed E-state index contributed by atoms with van der Waals surface area (Å²) in [6, 6.07) is 2.18. The van der Waals surface area contributed by atoms with Crippen molar-refractivity contribution in [1.29, 1.82) is 0 Å². The van der Waals surface area contributed by atoms with Crippen molar-refractivity contribution < 1.29 is 0 Å². The molecule has 1 fully saturated rings. The van der Waals surface area contributed by atoms with Gasteiger partial charge in [0, 0.05) is 13.2 Å². The van der Waals surface area contributed by atoms with Gasteiger partial charge in [-0.25, -0.2) is 0 Å². The number of nitrogens with zero attached hydrogens (tertiary/aromatic N) is 2. The normalized spacial score (nSPS) is 27.6. The molecule has 1 heterocycles. The van der Waals surface area contributed by atoms with Crippen molar-refractivity contribution in [2.75, 3.05) is 13.6 Å². The Morgan fingerprint density at radius 2 is 2.21 bits per heavy atom. The highest BCUT2D eigenvalue weighted by molar-refractivity contribution is 5.01. The van der Waals surface area contributed by atoms with Gasteiger partial charge in [-0.05, 0) is 56.7 Å². The fraction of sp³-hybridized carbons (Fsp3) is 0.812. The van der Waals surface area contributed by atoms with E-state index in [9.17, 15) is 0 Å². The molecule has 3 unspecified atom stereocenters. The minimum absolute atomic E-state index is 0.813. The zero-order valence-corrected chi connectivity index (χ0v) is 12.7. The van der Waals surface area contributed by atoms with Crippen LogP contribution in [0, 0.1) is 17.8 Å². The summed E-state index contributed by atoms with van der Waals surface area (Å²) in [5.41, 5.74) is 1.27. The van der Waals surface area contributed by atoms with Crippen LogP contribution in [0.25, 0.3) is 0 Å². The van der Waals surface area contributed by atoms with Gasteiger partial charge in [0.05, 0.1) is 5.69 Å². The van der Waals surface area contributed by atoms with E-state index in [0.29, 0.717) is 0 Å². The second-order valence-corrected chi connectivity index (χ2v) is 6.23. The molecule has 1 N–H and O–H groups in total. The van der Waals surface area contributed by atoms with Crippen molar-refractivity contribution in [3.8, 4) is 0 Å². The fourth-order valence-electron chi connectivity index (χ4n) is 3.72. The Morgan fingerprint density at radius 3 is 2.84 bits per heavy atom. The number of hydrogen-bond donors (Lipinski definition) is 1. The Labute approximate surface area is 117 Å². The molecule has 1 saturated carbocycles. The molecule has 0 aromatic carbocycles. The van der Waals surface area contributed by atoms with Gasteiger partial charge in [0.2, 0.25) is 0 Å². The highest BCUT2D eigenvalue weighted by Gasteiger charge is 2.30. The predicted molar refractivity (Wildman–Crippen MR) is 80.1 cm³/mol. The van der Waals surface area contributed by atoms with Gasteiger partial charge in [0.25, 0.3) is 0 Å². The van der Waals surface area contributed by atoms with E-state index in [1.165, 1.54) is 37.8 Å². The first kappa shape index (κ1) is 14.6. The molecule has 1 aromatic heterocycles. The van der Waals surface area contributed by atoms with Crippen molar-refractivity contribution in [1.82, 2.24) is 15.1 Å². The van der Waals surface area contributed by atoms with Gasteiger partial charge in [0.15, 0.2) is 0 Å². The predicted octanol–water partition coefficient (Wildman–Crippen LogP) is 3.01. The van der Waals surface area contributed by atoms with Crippen LogP contribution in [0.1, 0.15) is 44.7 Å². The molecule has 2 rings (SSSR count). The number of hydrogen-bond acceptors (Lipinski definition) is 2. The first-order valence-electron chi connectivity index (χ1n) is 7.86. The summed E-state index contributed by atoms with van der Waals surface area (Å²) in [6.07, 6.45) is 10.2. The van der Waals surface area contributed by atoms with E-state index in [4.69, 9.17) is 0 Å². The third kappa shape index (κ3) is 4.07. The smallest absolute Gasteiger partial charge is 0.0627 e. The van der Waals surface area contributed by atoms with Gasteiger partial charge in [-0.15, -0.1) is 0 Å². The summed E-state index contributed by atoms with van der Waals surface area (Å²) in [5.74, 6) is 2.60. The van der Waals surface area contributed by atoms with Crippen molar-refractivity contribution in [3.05, 3.63) is 18.0 Å². The van der Waals surface area contributed by atoms with Crippen LogP contribution in [-0.4, -0.2) is 23.4 Å². The maximum absolute atomic E-state index is 4.57. The molecule has 0 radical (unpaired) electrons. The van der Waals surface area contributed by atoms with Crippen LogP contribution < -0.4 is 5.32 Å². The maximum atomic E-state index is 4.57. The lowest BCUT2D eigenvalue weighted by Gasteiger charge is -2.36. The second-order valence-electron chi connectivity index (χ2n) is 6.23. The number of rotatable bonds is 6. The highest BCUT2D eigenvalue weighted by Crippen LogP contribution is 2.37. The van der Waals surface area contributed by atoms with Gasteiger partial charge >= 0.3 is 0 Å². The van der Waals surface area contributed by atoms with Crippen LogP contribution in [0.5, 0.6) is 0 Å². The van der Waals surface area contributed by atoms with E-state index in [0.717, 1.165) is 30.7 Å². The van der Waals surface area contributed by atoms with Gasteiger partial charge < -0.3 is 5.32 Å². The molecule has 1 aromatic rings. The summed E-state index contributed by atoms with van der Waals surface area (Å²) >= 11 is 0. The van der Waals surface area contributed by atoms with Crippen LogP contribution in [0.2, 0.25) is 0 Å². The van der Waals surface area contributed by atoms with Gasteiger partial charge in [-0.3, -0.25) is 4.68 Å². The minimum atomic E-state index is 0.813. The SMILES string of the molecule is CCCC1CCC(CNC)C(Cc2ccn(C)n2)C1. The Bertz CT molecular complexity index is 372. The second kappa shape index (κ2) is 7.09. The minimum Gasteiger partial charge on any atom is -0.319 e. The lowest BCUT2D eigenvalue weighted by Crippen LogP contribution is -2.33. The molecule has 1 aliphatic carbocycles. The molecule has 3 heteroatoms. The molecule has 0 aliphatic heterocycles. The third-order valence-corrected chi connectivity index (χ3v) is 4.65. The summed E-state index contributed by atoms with van der Waals surface area (Å²) in [5, 5.41) is 7.95. The standard InChI is InChI=1S/C16H29N3/c1-4-5-13-6-7-14(12-17-2)15(10-13)11-16-8-9-19(3)18-16/h8-9,13-15,17H,4-7,10-12H2,1-3H3. The van der Waals surface area contributed by atoms with Crippen molar-refractivity contribution in [2.24, 2.45) is 24.8 Å². The van der Waals surface area contributed by atoms with E-state index < -0.39 is 0 Å². The summed E-state index contributed by atoms with van der Waals surface area (Å²) in [6.45, 7) is 3.48. The van der Waals surface area contributed by atoms with Gasteiger partial charge in [-0.2, -0.15) is 5.10 Å². The van der Waals surface area contributed by atoms with E-state index in [2.05, 4.69) is 36.7 Å². The van der Waals surface area contributed by atoms with Crippen LogP contribution >= 0.6 is 0 Å². The molecule has 0 amide bonds. The molecular weight excluding hydrogens is 234 g/mol. The van der Waals surface area contributed by atoms with Crippen LogP contribution in [0.4, 0.5) is 0 Å². The average molecular weight is 263 g/mol. The molecule has 3 atom stereocenters. The van der Waals surface area contributed by atoms with Crippen molar-refractivity contribution >= 4 is 0 Å². The highest BCUT2D eigenvalue weighted by atomic mass is 15.2.